The Kier molecular flexibility index (Phi) is 5.08. The van der Waals surface area contributed by atoms with Gasteiger partial charge in [0, 0.05) is 17.7 Å². The minimum absolute atomic E-state index is 0.0156. The van der Waals surface area contributed by atoms with Crippen LogP contribution in [0.3, 0.4) is 0 Å². The maximum absolute atomic E-state index is 13.8. The van der Waals surface area contributed by atoms with Crippen LogP contribution < -0.4 is 5.32 Å². The minimum Gasteiger partial charge on any atom is -0.356 e. The van der Waals surface area contributed by atoms with Gasteiger partial charge >= 0.3 is 0 Å². The van der Waals surface area contributed by atoms with E-state index in [2.05, 4.69) is 31.2 Å². The molecule has 1 amide bonds. The van der Waals surface area contributed by atoms with Gasteiger partial charge in [0.1, 0.15) is 17.3 Å². The molecule has 0 saturated heterocycles. The first-order valence-electron chi connectivity index (χ1n) is 8.54. The fourth-order valence-electron chi connectivity index (χ4n) is 2.61. The van der Waals surface area contributed by atoms with Crippen molar-refractivity contribution in [2.75, 3.05) is 0 Å². The van der Waals surface area contributed by atoms with Crippen LogP contribution in [0.4, 0.5) is 8.78 Å². The Labute approximate surface area is 156 Å². The van der Waals surface area contributed by atoms with Crippen molar-refractivity contribution in [3.05, 3.63) is 77.0 Å². The van der Waals surface area contributed by atoms with Gasteiger partial charge in [-0.05, 0) is 35.2 Å². The monoisotopic (exact) mass is 370 g/mol. The molecule has 0 unspecified atom stereocenters. The van der Waals surface area contributed by atoms with Gasteiger partial charge in [-0.3, -0.25) is 4.79 Å². The number of carbonyl (C=O) groups excluding carboxylic acids is 1. The van der Waals surface area contributed by atoms with Crippen LogP contribution in [-0.4, -0.2) is 11.1 Å². The lowest BCUT2D eigenvalue weighted by Crippen LogP contribution is -2.23. The molecule has 3 aromatic rings. The summed E-state index contributed by atoms with van der Waals surface area (Å²) in [6.45, 7) is 6.45. The second kappa shape index (κ2) is 7.31. The molecule has 2 aromatic carbocycles. The summed E-state index contributed by atoms with van der Waals surface area (Å²) in [5, 5.41) is 6.56. The van der Waals surface area contributed by atoms with E-state index >= 15 is 0 Å². The summed E-state index contributed by atoms with van der Waals surface area (Å²) in [6, 6.07) is 12.1. The molecular weight excluding hydrogens is 350 g/mol. The van der Waals surface area contributed by atoms with Gasteiger partial charge in [-0.2, -0.15) is 0 Å². The summed E-state index contributed by atoms with van der Waals surface area (Å²) in [5.74, 6) is -1.47. The lowest BCUT2D eigenvalue weighted by Gasteiger charge is -2.19. The lowest BCUT2D eigenvalue weighted by molar-refractivity contribution is 0.0950. The van der Waals surface area contributed by atoms with Crippen molar-refractivity contribution >= 4 is 5.91 Å². The Morgan fingerprint density at radius 1 is 1.07 bits per heavy atom. The highest BCUT2D eigenvalue weighted by molar-refractivity contribution is 5.94. The van der Waals surface area contributed by atoms with E-state index in [1.54, 1.807) is 12.1 Å². The second-order valence-electron chi connectivity index (χ2n) is 7.32. The first kappa shape index (κ1) is 18.8. The number of aromatic nitrogens is 1. The fourth-order valence-corrected chi connectivity index (χ4v) is 2.61. The van der Waals surface area contributed by atoms with Gasteiger partial charge in [-0.1, -0.05) is 38.1 Å². The van der Waals surface area contributed by atoms with Crippen molar-refractivity contribution in [3.63, 3.8) is 0 Å². The maximum Gasteiger partial charge on any atom is 0.251 e. The van der Waals surface area contributed by atoms with Gasteiger partial charge in [0.2, 0.25) is 0 Å². The van der Waals surface area contributed by atoms with E-state index in [1.165, 1.54) is 12.1 Å². The normalized spacial score (nSPS) is 11.4. The highest BCUT2D eigenvalue weighted by Gasteiger charge is 2.15. The van der Waals surface area contributed by atoms with Crippen LogP contribution in [0.25, 0.3) is 11.3 Å². The quantitative estimate of drug-likeness (QED) is 0.714. The maximum atomic E-state index is 13.8. The third kappa shape index (κ3) is 4.39. The lowest BCUT2D eigenvalue weighted by atomic mass is 9.87. The van der Waals surface area contributed by atoms with E-state index in [9.17, 15) is 13.6 Å². The third-order valence-electron chi connectivity index (χ3n) is 4.20. The topological polar surface area (TPSA) is 55.1 Å². The van der Waals surface area contributed by atoms with Gasteiger partial charge in [-0.15, -0.1) is 0 Å². The van der Waals surface area contributed by atoms with E-state index < -0.39 is 11.6 Å². The van der Waals surface area contributed by atoms with Crippen molar-refractivity contribution in [3.8, 4) is 11.3 Å². The highest BCUT2D eigenvalue weighted by atomic mass is 19.1. The summed E-state index contributed by atoms with van der Waals surface area (Å²) < 4.78 is 31.9. The molecule has 4 nitrogen and oxygen atoms in total. The molecule has 27 heavy (non-hydrogen) atoms. The molecular formula is C21H20F2N2O2. The molecule has 0 aliphatic carbocycles. The van der Waals surface area contributed by atoms with Crippen LogP contribution in [0, 0.1) is 11.6 Å². The Morgan fingerprint density at radius 2 is 1.78 bits per heavy atom. The molecule has 1 aromatic heterocycles. The molecule has 0 aliphatic rings. The van der Waals surface area contributed by atoms with Crippen LogP contribution in [0.1, 0.15) is 42.4 Å². The molecule has 6 heteroatoms. The van der Waals surface area contributed by atoms with Crippen LogP contribution in [0.15, 0.2) is 53.1 Å². The third-order valence-corrected chi connectivity index (χ3v) is 4.20. The molecule has 3 rings (SSSR count). The molecule has 0 aliphatic heterocycles. The summed E-state index contributed by atoms with van der Waals surface area (Å²) in [7, 11) is 0. The van der Waals surface area contributed by atoms with Crippen molar-refractivity contribution in [2.24, 2.45) is 0 Å². The average molecular weight is 370 g/mol. The summed E-state index contributed by atoms with van der Waals surface area (Å²) in [5.41, 5.74) is 2.24. The molecule has 140 valence electrons. The number of amides is 1. The summed E-state index contributed by atoms with van der Waals surface area (Å²) >= 11 is 0. The van der Waals surface area contributed by atoms with Gasteiger partial charge in [0.25, 0.3) is 5.91 Å². The van der Waals surface area contributed by atoms with Crippen molar-refractivity contribution in [2.45, 2.75) is 32.7 Å². The van der Waals surface area contributed by atoms with Gasteiger partial charge < -0.3 is 9.84 Å². The van der Waals surface area contributed by atoms with Gasteiger partial charge in [0.05, 0.1) is 12.1 Å². The SMILES string of the molecule is CC(C)(C)c1ccc(C(=O)NCc2cc(-c3ccc(F)cc3F)on2)cc1. The average Bonchev–Trinajstić information content (AvgIpc) is 3.07. The van der Waals surface area contributed by atoms with Crippen LogP contribution >= 0.6 is 0 Å². The van der Waals surface area contributed by atoms with Crippen molar-refractivity contribution in [1.82, 2.24) is 10.5 Å². The number of benzene rings is 2. The Hall–Kier alpha value is -3.02. The highest BCUT2D eigenvalue weighted by Crippen LogP contribution is 2.24. The molecule has 1 heterocycles. The number of hydrogen-bond acceptors (Lipinski definition) is 3. The standard InChI is InChI=1S/C21H20F2N2O2/c1-21(2,3)14-6-4-13(5-7-14)20(26)24-12-16-11-19(27-25-16)17-9-8-15(22)10-18(17)23/h4-11H,12H2,1-3H3,(H,24,26). The molecule has 0 spiro atoms. The number of halogens is 2. The molecule has 1 N–H and O–H groups in total. The number of hydrogen-bond donors (Lipinski definition) is 1. The van der Waals surface area contributed by atoms with Crippen molar-refractivity contribution < 1.29 is 18.1 Å². The Morgan fingerprint density at radius 3 is 2.41 bits per heavy atom. The van der Waals surface area contributed by atoms with E-state index in [0.717, 1.165) is 17.7 Å². The van der Waals surface area contributed by atoms with E-state index in [1.807, 2.05) is 12.1 Å². The van der Waals surface area contributed by atoms with E-state index in [4.69, 9.17) is 4.52 Å². The van der Waals surface area contributed by atoms with Gasteiger partial charge in [-0.25, -0.2) is 8.78 Å². The molecule has 0 radical (unpaired) electrons. The predicted molar refractivity (Wildman–Crippen MR) is 98.2 cm³/mol. The molecule has 0 bridgehead atoms. The number of nitrogens with zero attached hydrogens (tertiary/aromatic N) is 1. The number of carbonyl (C=O) groups is 1. The second-order valence-corrected chi connectivity index (χ2v) is 7.32. The Balaban J connectivity index is 1.65. The van der Waals surface area contributed by atoms with E-state index in [-0.39, 0.29) is 29.2 Å². The molecule has 0 atom stereocenters. The molecule has 0 saturated carbocycles. The van der Waals surface area contributed by atoms with Crippen molar-refractivity contribution in [1.29, 1.82) is 0 Å². The zero-order valence-corrected chi connectivity index (χ0v) is 15.3. The number of rotatable bonds is 4. The largest absolute Gasteiger partial charge is 0.356 e. The predicted octanol–water partition coefficient (Wildman–Crippen LogP) is 4.85. The fraction of sp³-hybridized carbons (Fsp3) is 0.238. The first-order valence-corrected chi connectivity index (χ1v) is 8.54. The summed E-state index contributed by atoms with van der Waals surface area (Å²) in [4.78, 5) is 12.3. The smallest absolute Gasteiger partial charge is 0.251 e. The molecule has 0 fully saturated rings. The zero-order valence-electron chi connectivity index (χ0n) is 15.3. The zero-order chi connectivity index (χ0) is 19.6. The summed E-state index contributed by atoms with van der Waals surface area (Å²) in [6.07, 6.45) is 0. The van der Waals surface area contributed by atoms with Gasteiger partial charge in [0.15, 0.2) is 5.76 Å². The van der Waals surface area contributed by atoms with Crippen LogP contribution in [0.5, 0.6) is 0 Å². The first-order chi connectivity index (χ1) is 12.7. The number of nitrogens with one attached hydrogen (secondary N) is 1. The van der Waals surface area contributed by atoms with E-state index in [0.29, 0.717) is 11.3 Å². The van der Waals surface area contributed by atoms with Crippen LogP contribution in [-0.2, 0) is 12.0 Å². The minimum atomic E-state index is -0.735. The Bertz CT molecular complexity index is 957. The van der Waals surface area contributed by atoms with Crippen LogP contribution in [0.2, 0.25) is 0 Å².